The fourth-order valence-corrected chi connectivity index (χ4v) is 5.03. The molecule has 2 atom stereocenters. The van der Waals surface area contributed by atoms with Crippen molar-refractivity contribution in [3.8, 4) is 0 Å². The Labute approximate surface area is 222 Å². The monoisotopic (exact) mass is 530 g/mol. The summed E-state index contributed by atoms with van der Waals surface area (Å²) in [5.74, 6) is 0.854. The average molecular weight is 531 g/mol. The van der Waals surface area contributed by atoms with Gasteiger partial charge in [0.2, 0.25) is 12.3 Å². The van der Waals surface area contributed by atoms with E-state index in [-0.39, 0.29) is 34.1 Å². The zero-order valence-corrected chi connectivity index (χ0v) is 23.0. The van der Waals surface area contributed by atoms with Crippen molar-refractivity contribution < 1.29 is 9.59 Å². The van der Waals surface area contributed by atoms with E-state index in [2.05, 4.69) is 26.4 Å². The first kappa shape index (κ1) is 27.6. The molecule has 1 aliphatic rings. The first-order valence-corrected chi connectivity index (χ1v) is 12.5. The van der Waals surface area contributed by atoms with Crippen molar-refractivity contribution in [2.45, 2.75) is 52.6 Å². The number of amides is 2. The third-order valence-electron chi connectivity index (χ3n) is 6.29. The van der Waals surface area contributed by atoms with Crippen LogP contribution in [0.2, 0.25) is 10.2 Å². The smallest absolute Gasteiger partial charge is 0.246 e. The third kappa shape index (κ3) is 5.25. The van der Waals surface area contributed by atoms with Gasteiger partial charge in [-0.2, -0.15) is 0 Å². The molecular formula is C26H32Cl2N6O2. The van der Waals surface area contributed by atoms with Crippen molar-refractivity contribution in [3.63, 3.8) is 0 Å². The zero-order valence-electron chi connectivity index (χ0n) is 21.5. The van der Waals surface area contributed by atoms with E-state index in [1.54, 1.807) is 24.2 Å². The fraction of sp³-hybridized carbons (Fsp3) is 0.423. The number of nitrogens with zero attached hydrogens (tertiary/aromatic N) is 6. The van der Waals surface area contributed by atoms with Crippen molar-refractivity contribution in [1.29, 1.82) is 0 Å². The minimum absolute atomic E-state index is 0.0587. The molecule has 1 unspecified atom stereocenters. The van der Waals surface area contributed by atoms with Gasteiger partial charge in [-0.25, -0.2) is 4.98 Å². The maximum atomic E-state index is 12.6. The molecule has 8 nitrogen and oxygen atoms in total. The molecule has 0 spiro atoms. The fourth-order valence-electron chi connectivity index (χ4n) is 4.75. The number of aromatic nitrogens is 2. The summed E-state index contributed by atoms with van der Waals surface area (Å²) in [6.45, 7) is 14.6. The van der Waals surface area contributed by atoms with Gasteiger partial charge in [0.1, 0.15) is 11.0 Å². The molecule has 3 rings (SSSR count). The van der Waals surface area contributed by atoms with Crippen LogP contribution in [0.4, 0.5) is 11.5 Å². The SMILES string of the molecule is C=CC(=O)N1CC(C)N(/C(=N/C)c2cc(Cl)c(Cl)nc2N(C=O)c2c(C)ccnc2C(C)C)[C@@H](C)C1. The molecule has 36 heavy (non-hydrogen) atoms. The van der Waals surface area contributed by atoms with Gasteiger partial charge in [-0.05, 0) is 50.5 Å². The lowest BCUT2D eigenvalue weighted by atomic mass is 10.0. The first-order valence-electron chi connectivity index (χ1n) is 11.8. The Morgan fingerprint density at radius 3 is 2.44 bits per heavy atom. The van der Waals surface area contributed by atoms with Gasteiger partial charge in [-0.1, -0.05) is 43.6 Å². The Kier molecular flexibility index (Phi) is 8.74. The van der Waals surface area contributed by atoms with Crippen LogP contribution in [0.1, 0.15) is 50.4 Å². The van der Waals surface area contributed by atoms with Gasteiger partial charge in [0.25, 0.3) is 0 Å². The van der Waals surface area contributed by atoms with Crippen LogP contribution in [0.3, 0.4) is 0 Å². The Balaban J connectivity index is 2.19. The number of rotatable bonds is 6. The van der Waals surface area contributed by atoms with Crippen LogP contribution < -0.4 is 4.90 Å². The molecule has 0 aromatic carbocycles. The van der Waals surface area contributed by atoms with Crippen LogP contribution in [-0.4, -0.2) is 70.1 Å². The number of halogens is 2. The quantitative estimate of drug-likeness (QED) is 0.172. The molecule has 192 valence electrons. The second-order valence-electron chi connectivity index (χ2n) is 9.22. The summed E-state index contributed by atoms with van der Waals surface area (Å²) in [5, 5.41) is 0.322. The van der Waals surface area contributed by atoms with E-state index in [0.29, 0.717) is 42.4 Å². The van der Waals surface area contributed by atoms with Crippen LogP contribution in [0, 0.1) is 6.92 Å². The van der Waals surface area contributed by atoms with E-state index >= 15 is 0 Å². The van der Waals surface area contributed by atoms with Crippen molar-refractivity contribution in [3.05, 3.63) is 58.0 Å². The van der Waals surface area contributed by atoms with E-state index in [1.807, 2.05) is 40.7 Å². The second-order valence-corrected chi connectivity index (χ2v) is 9.99. The van der Waals surface area contributed by atoms with Crippen molar-refractivity contribution in [2.24, 2.45) is 4.99 Å². The van der Waals surface area contributed by atoms with E-state index in [1.165, 1.54) is 11.0 Å². The van der Waals surface area contributed by atoms with E-state index in [9.17, 15) is 9.59 Å². The zero-order chi connectivity index (χ0) is 26.7. The number of hydrogen-bond donors (Lipinski definition) is 0. The summed E-state index contributed by atoms with van der Waals surface area (Å²) in [4.78, 5) is 44.0. The molecule has 3 heterocycles. The number of carbonyl (C=O) groups is 2. The van der Waals surface area contributed by atoms with Crippen LogP contribution in [-0.2, 0) is 9.59 Å². The number of anilines is 2. The van der Waals surface area contributed by atoms with Gasteiger partial charge >= 0.3 is 0 Å². The number of hydrogen-bond acceptors (Lipinski definition) is 5. The molecule has 0 aliphatic carbocycles. The maximum Gasteiger partial charge on any atom is 0.246 e. The highest BCUT2D eigenvalue weighted by Crippen LogP contribution is 2.37. The molecular weight excluding hydrogens is 499 g/mol. The number of pyridine rings is 2. The van der Waals surface area contributed by atoms with Crippen LogP contribution in [0.15, 0.2) is 36.0 Å². The predicted molar refractivity (Wildman–Crippen MR) is 146 cm³/mol. The first-order chi connectivity index (χ1) is 17.0. The molecule has 1 saturated heterocycles. The minimum atomic E-state index is -0.111. The van der Waals surface area contributed by atoms with Crippen LogP contribution >= 0.6 is 23.2 Å². The molecule has 10 heteroatoms. The number of amidine groups is 1. The molecule has 1 aliphatic heterocycles. The van der Waals surface area contributed by atoms with Gasteiger partial charge in [0.05, 0.1) is 22.0 Å². The van der Waals surface area contributed by atoms with E-state index in [0.717, 1.165) is 11.3 Å². The molecule has 2 amide bonds. The summed E-state index contributed by atoms with van der Waals surface area (Å²) in [5.41, 5.74) is 2.83. The van der Waals surface area contributed by atoms with Gasteiger partial charge in [-0.3, -0.25) is 24.5 Å². The highest BCUT2D eigenvalue weighted by molar-refractivity contribution is 6.41. The number of piperazine rings is 1. The van der Waals surface area contributed by atoms with Gasteiger partial charge < -0.3 is 9.80 Å². The third-order valence-corrected chi connectivity index (χ3v) is 6.96. The van der Waals surface area contributed by atoms with Crippen molar-refractivity contribution >= 4 is 52.9 Å². The lowest BCUT2D eigenvalue weighted by Crippen LogP contribution is -2.59. The standard InChI is InChI=1S/C26H32Cl2N6O2/c1-8-21(36)32-12-17(5)34(18(6)13-32)25(29-7)19-11-20(27)24(28)31-26(19)33(14-35)23-16(4)9-10-30-22(23)15(2)3/h8-11,14-15,17-18H,1,12-13H2,2-7H3/b29-25+/t17-,18?/m0/s1. The van der Waals surface area contributed by atoms with Gasteiger partial charge in [-0.15, -0.1) is 0 Å². The highest BCUT2D eigenvalue weighted by atomic mass is 35.5. The molecule has 1 fully saturated rings. The molecule has 2 aromatic heterocycles. The number of carbonyl (C=O) groups excluding carboxylic acids is 2. The van der Waals surface area contributed by atoms with Crippen molar-refractivity contribution in [2.75, 3.05) is 25.0 Å². The van der Waals surface area contributed by atoms with E-state index < -0.39 is 0 Å². The summed E-state index contributed by atoms with van der Waals surface area (Å²) >= 11 is 12.8. The summed E-state index contributed by atoms with van der Waals surface area (Å²) in [7, 11) is 1.68. The maximum absolute atomic E-state index is 12.6. The van der Waals surface area contributed by atoms with Crippen molar-refractivity contribution in [1.82, 2.24) is 19.8 Å². The topological polar surface area (TPSA) is 82.0 Å². The minimum Gasteiger partial charge on any atom is -0.347 e. The molecule has 0 saturated carbocycles. The molecule has 0 bridgehead atoms. The van der Waals surface area contributed by atoms with Crippen LogP contribution in [0.5, 0.6) is 0 Å². The lowest BCUT2D eigenvalue weighted by Gasteiger charge is -2.46. The Morgan fingerprint density at radius 2 is 1.92 bits per heavy atom. The van der Waals surface area contributed by atoms with Gasteiger partial charge in [0.15, 0.2) is 5.82 Å². The normalized spacial score (nSPS) is 18.4. The average Bonchev–Trinajstić information content (AvgIpc) is 2.84. The largest absolute Gasteiger partial charge is 0.347 e. The van der Waals surface area contributed by atoms with E-state index in [4.69, 9.17) is 23.2 Å². The summed E-state index contributed by atoms with van der Waals surface area (Å²) in [6.07, 6.45) is 3.77. The van der Waals surface area contributed by atoms with Gasteiger partial charge in [0, 0.05) is 38.4 Å². The Bertz CT molecular complexity index is 1190. The summed E-state index contributed by atoms with van der Waals surface area (Å²) in [6, 6.07) is 3.39. The molecule has 2 aromatic rings. The second kappa shape index (κ2) is 11.4. The number of aryl methyl sites for hydroxylation is 1. The predicted octanol–water partition coefficient (Wildman–Crippen LogP) is 4.99. The molecule has 0 radical (unpaired) electrons. The highest BCUT2D eigenvalue weighted by Gasteiger charge is 2.35. The lowest BCUT2D eigenvalue weighted by molar-refractivity contribution is -0.129. The Hall–Kier alpha value is -2.97. The Morgan fingerprint density at radius 1 is 1.28 bits per heavy atom. The number of aliphatic imine (C=N–C) groups is 1. The van der Waals surface area contributed by atoms with Crippen LogP contribution in [0.25, 0.3) is 0 Å². The summed E-state index contributed by atoms with van der Waals surface area (Å²) < 4.78 is 0. The molecule has 0 N–H and O–H groups in total.